The van der Waals surface area contributed by atoms with Gasteiger partial charge >= 0.3 is 23.9 Å². The highest BCUT2D eigenvalue weighted by molar-refractivity contribution is 5.80. The number of carboxylic acid groups (broad SMARTS) is 1. The minimum atomic E-state index is -2.25. The number of hydrogen-bond acceptors (Lipinski definition) is 41. The average Bonchev–Trinajstić information content (AvgIpc) is 0.970. The van der Waals surface area contributed by atoms with Gasteiger partial charge in [-0.15, -0.1) is 0 Å². The third kappa shape index (κ3) is 20.2. The summed E-state index contributed by atoms with van der Waals surface area (Å²) in [5, 5.41) is 233. The van der Waals surface area contributed by atoms with Gasteiger partial charge in [-0.05, 0) is 123 Å². The lowest BCUT2D eigenvalue weighted by atomic mass is 9.33. The molecule has 0 aromatic carbocycles. The zero-order valence-corrected chi connectivity index (χ0v) is 74.9. The van der Waals surface area contributed by atoms with Crippen LogP contribution >= 0.6 is 0 Å². The van der Waals surface area contributed by atoms with Gasteiger partial charge in [-0.1, -0.05) is 93.7 Å². The van der Waals surface area contributed by atoms with Crippen LogP contribution in [0, 0.1) is 62.1 Å². The summed E-state index contributed by atoms with van der Waals surface area (Å²) in [6.45, 7) is 19.4. The second kappa shape index (κ2) is 41.3. The van der Waals surface area contributed by atoms with E-state index in [1.165, 1.54) is 13.8 Å². The number of aldehydes is 1. The fourth-order valence-corrected chi connectivity index (χ4v) is 22.9. The molecule has 129 heavy (non-hydrogen) atoms. The molecule has 42 nitrogen and oxygen atoms in total. The van der Waals surface area contributed by atoms with Gasteiger partial charge in [0.05, 0.1) is 87.4 Å². The van der Waals surface area contributed by atoms with Gasteiger partial charge in [-0.25, -0.2) is 4.79 Å². The Balaban J connectivity index is 0.785. The van der Waals surface area contributed by atoms with E-state index in [4.69, 9.17) is 75.8 Å². The molecule has 0 bridgehead atoms. The summed E-state index contributed by atoms with van der Waals surface area (Å²) in [4.78, 5) is 71.7. The van der Waals surface area contributed by atoms with Crippen molar-refractivity contribution in [2.24, 2.45) is 62.1 Å². The van der Waals surface area contributed by atoms with E-state index in [9.17, 15) is 126 Å². The first-order chi connectivity index (χ1) is 60.5. The molecule has 11 fully saturated rings. The Labute approximate surface area is 747 Å². The summed E-state index contributed by atoms with van der Waals surface area (Å²) in [6, 6.07) is 0. The van der Waals surface area contributed by atoms with Crippen molar-refractivity contribution < 1.29 is 207 Å². The van der Waals surface area contributed by atoms with E-state index in [-0.39, 0.29) is 43.9 Å². The topological polar surface area (TPSA) is 658 Å². The van der Waals surface area contributed by atoms with E-state index in [0.29, 0.717) is 51.4 Å². The minimum Gasteiger partial charge on any atom is -0.479 e. The van der Waals surface area contributed by atoms with Gasteiger partial charge in [0.25, 0.3) is 0 Å². The fourth-order valence-electron chi connectivity index (χ4n) is 22.9. The number of carbonyl (C=O) groups excluding carboxylic acids is 4. The Hall–Kier alpha value is -4.03. The van der Waals surface area contributed by atoms with Crippen LogP contribution in [-0.4, -0.2) is 397 Å². The van der Waals surface area contributed by atoms with Gasteiger partial charge in [0.2, 0.25) is 6.29 Å². The average molecular weight is 1860 g/mol. The molecule has 12 rings (SSSR count). The highest BCUT2D eigenvalue weighted by atomic mass is 16.8. The minimum absolute atomic E-state index is 0.0335. The molecule has 0 spiro atoms. The van der Waals surface area contributed by atoms with Crippen LogP contribution in [0.15, 0.2) is 11.6 Å². The van der Waals surface area contributed by atoms with Gasteiger partial charge in [0, 0.05) is 12.8 Å². The monoisotopic (exact) mass is 1860 g/mol. The molecular weight excluding hydrogens is 1720 g/mol. The Kier molecular flexibility index (Phi) is 33.3. The first kappa shape index (κ1) is 104. The number of aliphatic carboxylic acids is 1. The number of rotatable bonds is 32. The second-order valence-corrected chi connectivity index (χ2v) is 40.1. The van der Waals surface area contributed by atoms with Crippen molar-refractivity contribution in [2.45, 2.75) is 413 Å². The summed E-state index contributed by atoms with van der Waals surface area (Å²) >= 11 is 0. The number of aliphatic hydroxyl groups excluding tert-OH is 20. The molecule has 0 aromatic rings. The molecule has 0 amide bonds. The van der Waals surface area contributed by atoms with Crippen LogP contribution in [0.3, 0.4) is 0 Å². The SMILES string of the molecule is CC[C@H](C)[C@H](C[C@H](O)CC(=O)O[C@@H]1C(C)O[C@@H](OC(=O)[C@]23CCC(C)(C)CC2C2=CCC4[C@@]5(C)CC[C@H](O[C@@H]6OC(C(=O)O)[C@H](O)[C@H](O[C@@H]7OC[C@@H](O)[C@H](O)C7O)C6O[C@@H]6OC(CO)[C@H](O)[C@H](O)C6O)[C@@](C)(C=O)C5CC[C@@]4(C)[C@]2(C)C[C@H]3O)[C@H](O[C@@H]2OC(C)[C@H](OC3OCC(O)[C@H](O)[C@@H]3O)[C@H](O)C2O)C1O)OC(=O)C[C@@H](O)C[C@H](O[C@@H]1O[C@H](CO)C(O)C1O)[C@@H](C)CC. The Morgan fingerprint density at radius 2 is 1.02 bits per heavy atom. The largest absolute Gasteiger partial charge is 0.479 e. The molecule has 0 radical (unpaired) electrons. The van der Waals surface area contributed by atoms with Gasteiger partial charge in [0.15, 0.2) is 56.1 Å². The molecule has 7 aliphatic heterocycles. The molecule has 48 atom stereocenters. The Morgan fingerprint density at radius 1 is 0.504 bits per heavy atom. The number of ether oxygens (including phenoxy) is 16. The highest BCUT2D eigenvalue weighted by Crippen LogP contribution is 2.76. The molecule has 4 saturated carbocycles. The molecule has 5 aliphatic carbocycles. The Morgan fingerprint density at radius 3 is 1.62 bits per heavy atom. The van der Waals surface area contributed by atoms with Crippen molar-refractivity contribution in [3.8, 4) is 0 Å². The lowest BCUT2D eigenvalue weighted by Crippen LogP contribution is -2.69. The van der Waals surface area contributed by atoms with E-state index in [1.807, 2.05) is 27.7 Å². The standard InChI is InChI=1S/C87H140O42/c1-13-34(3)44(118-52(96)25-39(92)24-45(35(4)14-2)119-77-62(106)57(101)47(30-89)120-77)23-38(91)26-53(97)123-68-37(6)117-79(71(65(68)109)127-76-64(108)59(103)67(36(5)116-76)124-74-60(104)54(98)42(93)31-114-74)129-81(113)87-22-21-82(7,8)27-41(87)40-15-16-49-83(9)19-18-51(84(10,33-90)48(83)17-20-85(49,11)86(40,12)28-50(87)95)122-80-72(128-78-63(107)58(102)56(100)46(29-88)121-78)69(66(110)70(126-80)73(111)112)125-75-61(105)55(99)43(94)32-115-75/h15,33-39,41-51,54-72,74-80,88-89,91-95,98-110H,13-14,16-32H2,1-12H3,(H,111,112)/t34-,35-,36?,37?,38-,39-,41?,42?,43+,44-,45-,46?,47+,48?,49?,50+,51-,54-,55-,56-,57?,58-,59+,60-,61?,62?,63?,64?,65?,66+,67-,68+,69-,70?,71+,72?,74?,75-,76-,77+,78-,79-,80+,83-,84-,85+,86+,87+/m0/s1. The third-order valence-corrected chi connectivity index (χ3v) is 31.4. The lowest BCUT2D eigenvalue weighted by molar-refractivity contribution is -0.391. The van der Waals surface area contributed by atoms with Crippen LogP contribution in [0.4, 0.5) is 0 Å². The van der Waals surface area contributed by atoms with Crippen LogP contribution in [0.25, 0.3) is 0 Å². The van der Waals surface area contributed by atoms with Gasteiger partial charge < -0.3 is 188 Å². The van der Waals surface area contributed by atoms with Crippen molar-refractivity contribution in [2.75, 3.05) is 26.4 Å². The van der Waals surface area contributed by atoms with Gasteiger partial charge in [0.1, 0.15) is 140 Å². The maximum atomic E-state index is 16.2. The normalized spacial score (nSPS) is 48.4. The van der Waals surface area contributed by atoms with Crippen molar-refractivity contribution >= 4 is 30.2 Å². The maximum Gasteiger partial charge on any atom is 0.335 e. The maximum absolute atomic E-state index is 16.2. The number of aliphatic hydroxyl groups is 20. The quantitative estimate of drug-likeness (QED) is 0.00999. The number of carbonyl (C=O) groups is 5. The smallest absolute Gasteiger partial charge is 0.335 e. The van der Waals surface area contributed by atoms with Crippen molar-refractivity contribution in [1.82, 2.24) is 0 Å². The number of hydrogen-bond donors (Lipinski definition) is 21. The van der Waals surface area contributed by atoms with Gasteiger partial charge in [-0.2, -0.15) is 0 Å². The summed E-state index contributed by atoms with van der Waals surface area (Å²) in [5.74, 6) is -7.05. The third-order valence-electron chi connectivity index (χ3n) is 31.4. The van der Waals surface area contributed by atoms with Crippen molar-refractivity contribution in [3.63, 3.8) is 0 Å². The first-order valence-corrected chi connectivity index (χ1v) is 45.4. The predicted molar refractivity (Wildman–Crippen MR) is 431 cm³/mol. The summed E-state index contributed by atoms with van der Waals surface area (Å²) < 4.78 is 96.6. The van der Waals surface area contributed by atoms with Crippen LogP contribution in [0.5, 0.6) is 0 Å². The first-order valence-electron chi connectivity index (χ1n) is 45.4. The zero-order chi connectivity index (χ0) is 94.9. The van der Waals surface area contributed by atoms with E-state index in [1.54, 1.807) is 20.8 Å². The summed E-state index contributed by atoms with van der Waals surface area (Å²) in [7, 11) is 0. The molecule has 12 aliphatic rings. The second-order valence-electron chi connectivity index (χ2n) is 40.1. The molecular formula is C87H140O42. The van der Waals surface area contributed by atoms with Crippen LogP contribution in [0.1, 0.15) is 179 Å². The summed E-state index contributed by atoms with van der Waals surface area (Å²) in [5.41, 5.74) is -5.35. The van der Waals surface area contributed by atoms with E-state index < -0.39 is 347 Å². The molecule has 0 aromatic heterocycles. The van der Waals surface area contributed by atoms with Gasteiger partial charge in [-0.3, -0.25) is 14.4 Å². The van der Waals surface area contributed by atoms with E-state index in [2.05, 4.69) is 26.8 Å². The molecule has 7 saturated heterocycles. The molecule has 42 heteroatoms. The highest BCUT2D eigenvalue weighted by Gasteiger charge is 2.73. The van der Waals surface area contributed by atoms with E-state index >= 15 is 4.79 Å². The van der Waals surface area contributed by atoms with Crippen molar-refractivity contribution in [3.05, 3.63) is 11.6 Å². The van der Waals surface area contributed by atoms with E-state index in [0.717, 1.165) is 11.9 Å². The van der Waals surface area contributed by atoms with Crippen LogP contribution in [0.2, 0.25) is 0 Å². The lowest BCUT2D eigenvalue weighted by Gasteiger charge is -2.71. The van der Waals surface area contributed by atoms with Crippen LogP contribution in [-0.2, 0) is 99.8 Å². The molecule has 21 N–H and O–H groups in total. The summed E-state index contributed by atoms with van der Waals surface area (Å²) in [6.07, 6.45) is -61.3. The molecule has 7 heterocycles. The number of fused-ring (bicyclic) bond motifs is 7. The van der Waals surface area contributed by atoms with Crippen molar-refractivity contribution in [1.29, 1.82) is 0 Å². The number of allylic oxidation sites excluding steroid dienone is 2. The molecule has 740 valence electrons. The predicted octanol–water partition coefficient (Wildman–Crippen LogP) is -4.15. The Bertz CT molecular complexity index is 3790. The number of carboxylic acids is 1. The number of esters is 3. The molecule has 16 unspecified atom stereocenters. The fraction of sp³-hybridized carbons (Fsp3) is 0.920. The zero-order valence-electron chi connectivity index (χ0n) is 74.9. The van der Waals surface area contributed by atoms with Crippen LogP contribution < -0.4 is 0 Å².